The Balaban J connectivity index is 0.969. The summed E-state index contributed by atoms with van der Waals surface area (Å²) in [6.45, 7) is 14.0. The number of nitrogens with zero attached hydrogens (tertiary/aromatic N) is 2. The Hall–Kier alpha value is -1.83. The second-order valence-electron chi connectivity index (χ2n) is 19.6. The lowest BCUT2D eigenvalue weighted by Crippen LogP contribution is -2.70. The molecular formula is C39H61F3N4O6. The van der Waals surface area contributed by atoms with Crippen molar-refractivity contribution in [1.29, 1.82) is 0 Å². The van der Waals surface area contributed by atoms with Gasteiger partial charge in [-0.2, -0.15) is 13.2 Å². The van der Waals surface area contributed by atoms with Crippen LogP contribution in [0.15, 0.2) is 0 Å². The lowest BCUT2D eigenvalue weighted by molar-refractivity contribution is -0.180. The van der Waals surface area contributed by atoms with Crippen molar-refractivity contribution >= 4 is 12.2 Å². The summed E-state index contributed by atoms with van der Waals surface area (Å²) in [6, 6.07) is -0.377. The molecule has 8 rings (SSSR count). The van der Waals surface area contributed by atoms with E-state index in [4.69, 9.17) is 19.9 Å². The monoisotopic (exact) mass is 738 g/mol. The molecule has 0 aromatic heterocycles. The minimum atomic E-state index is -4.28. The number of carbonyl (C=O) groups excluding carboxylic acids is 2. The van der Waals surface area contributed by atoms with Crippen LogP contribution in [-0.2, 0) is 14.2 Å². The van der Waals surface area contributed by atoms with Gasteiger partial charge in [-0.05, 0) is 104 Å². The first-order chi connectivity index (χ1) is 24.3. The third kappa shape index (κ3) is 5.16. The van der Waals surface area contributed by atoms with Gasteiger partial charge in [0.2, 0.25) is 0 Å². The van der Waals surface area contributed by atoms with Crippen molar-refractivity contribution in [2.75, 3.05) is 32.7 Å². The maximum Gasteiger partial charge on any atom is 0.410 e. The number of fused-ring (bicyclic) bond motifs is 4. The highest BCUT2D eigenvalue weighted by Crippen LogP contribution is 2.87. The number of nitrogens with two attached hydrogens (primary N) is 1. The SMILES string of the molecule is CC(C)[C@@H](OC(=O)N1CCC1)C1C[C@@H](C)[C@H]2C(O1)[C@H](O)[C@@]1(N)C3CC[C@H]4C(C)(C)[C@@H](OC(=O)N5CC(NCC(F)(F)F)C5)CC[C@@]45C[C@@]35CC[C@]21C. The fraction of sp³-hybridized carbons (Fsp3) is 0.949. The number of nitrogens with one attached hydrogen (secondary N) is 1. The van der Waals surface area contributed by atoms with E-state index in [1.807, 2.05) is 0 Å². The largest absolute Gasteiger partial charge is 0.446 e. The summed E-state index contributed by atoms with van der Waals surface area (Å²) in [5, 5.41) is 15.0. The molecule has 2 amide bonds. The molecule has 0 aromatic carbocycles. The van der Waals surface area contributed by atoms with Crippen LogP contribution in [0.2, 0.25) is 0 Å². The van der Waals surface area contributed by atoms with Crippen LogP contribution in [0.1, 0.15) is 99.3 Å². The van der Waals surface area contributed by atoms with E-state index in [0.29, 0.717) is 5.92 Å². The molecule has 294 valence electrons. The Labute approximate surface area is 306 Å². The smallest absolute Gasteiger partial charge is 0.410 e. The number of ether oxygens (including phenoxy) is 3. The Morgan fingerprint density at radius 2 is 1.67 bits per heavy atom. The van der Waals surface area contributed by atoms with Crippen LogP contribution in [-0.4, -0.2) is 108 Å². The van der Waals surface area contributed by atoms with E-state index < -0.39 is 42.7 Å². The van der Waals surface area contributed by atoms with Crippen molar-refractivity contribution in [2.24, 2.45) is 57.0 Å². The zero-order valence-electron chi connectivity index (χ0n) is 31.8. The van der Waals surface area contributed by atoms with Crippen molar-refractivity contribution in [3.63, 3.8) is 0 Å². The topological polar surface area (TPSA) is 127 Å². The molecule has 13 heteroatoms. The Kier molecular flexibility index (Phi) is 8.62. The maximum absolute atomic E-state index is 13.2. The van der Waals surface area contributed by atoms with E-state index in [0.717, 1.165) is 70.9 Å². The van der Waals surface area contributed by atoms with Crippen molar-refractivity contribution < 1.29 is 42.1 Å². The summed E-state index contributed by atoms with van der Waals surface area (Å²) < 4.78 is 57.1. The molecule has 8 fully saturated rings. The molecule has 8 aliphatic rings. The second-order valence-corrected chi connectivity index (χ2v) is 19.6. The number of hydrogen-bond acceptors (Lipinski definition) is 8. The van der Waals surface area contributed by atoms with Gasteiger partial charge in [-0.25, -0.2) is 9.59 Å². The molecule has 0 bridgehead atoms. The summed E-state index contributed by atoms with van der Waals surface area (Å²) in [5.74, 6) is 0.882. The molecule has 3 heterocycles. The van der Waals surface area contributed by atoms with E-state index >= 15 is 0 Å². The molecule has 0 aromatic rings. The van der Waals surface area contributed by atoms with E-state index in [1.54, 1.807) is 4.90 Å². The highest BCUT2D eigenvalue weighted by atomic mass is 19.4. The molecule has 3 saturated heterocycles. The summed E-state index contributed by atoms with van der Waals surface area (Å²) in [5.41, 5.74) is 6.48. The number of alkyl halides is 3. The van der Waals surface area contributed by atoms with Crippen LogP contribution < -0.4 is 11.1 Å². The van der Waals surface area contributed by atoms with Crippen molar-refractivity contribution in [2.45, 2.75) is 148 Å². The first-order valence-corrected chi connectivity index (χ1v) is 20.1. The predicted molar refractivity (Wildman–Crippen MR) is 186 cm³/mol. The normalized spacial score (nSPS) is 46.8. The number of likely N-dealkylation sites (tertiary alicyclic amines) is 2. The van der Waals surface area contributed by atoms with Gasteiger partial charge < -0.3 is 40.2 Å². The highest BCUT2D eigenvalue weighted by molar-refractivity contribution is 5.69. The summed E-state index contributed by atoms with van der Waals surface area (Å²) in [6.07, 6.45) is 1.12. The quantitative estimate of drug-likeness (QED) is 0.317. The average Bonchev–Trinajstić information content (AvgIpc) is 3.63. The number of carbonyl (C=O) groups is 2. The molecular weight excluding hydrogens is 677 g/mol. The molecule has 0 radical (unpaired) electrons. The number of aliphatic hydroxyl groups is 1. The average molecular weight is 739 g/mol. The van der Waals surface area contributed by atoms with Gasteiger partial charge in [-0.15, -0.1) is 0 Å². The van der Waals surface area contributed by atoms with Gasteiger partial charge in [-0.1, -0.05) is 41.5 Å². The van der Waals surface area contributed by atoms with Gasteiger partial charge in [0.05, 0.1) is 30.4 Å². The minimum Gasteiger partial charge on any atom is -0.446 e. The number of hydrogen-bond donors (Lipinski definition) is 3. The predicted octanol–water partition coefficient (Wildman–Crippen LogP) is 5.70. The van der Waals surface area contributed by atoms with Crippen molar-refractivity contribution in [3.05, 3.63) is 0 Å². The first-order valence-electron chi connectivity index (χ1n) is 20.1. The van der Waals surface area contributed by atoms with Gasteiger partial charge in [-0.3, -0.25) is 0 Å². The molecule has 5 saturated carbocycles. The summed E-state index contributed by atoms with van der Waals surface area (Å²) in [7, 11) is 0. The number of halogens is 3. The fourth-order valence-corrected chi connectivity index (χ4v) is 13.9. The van der Waals surface area contributed by atoms with Crippen LogP contribution >= 0.6 is 0 Å². The Bertz CT molecular complexity index is 1440. The molecule has 13 atom stereocenters. The molecule has 5 aliphatic carbocycles. The first kappa shape index (κ1) is 37.1. The zero-order valence-corrected chi connectivity index (χ0v) is 31.8. The number of amides is 2. The van der Waals surface area contributed by atoms with Crippen molar-refractivity contribution in [1.82, 2.24) is 15.1 Å². The van der Waals surface area contributed by atoms with E-state index in [9.17, 15) is 27.9 Å². The zero-order chi connectivity index (χ0) is 37.4. The van der Waals surface area contributed by atoms with E-state index in [-0.39, 0.29) is 82.8 Å². The Morgan fingerprint density at radius 3 is 2.31 bits per heavy atom. The summed E-state index contributed by atoms with van der Waals surface area (Å²) in [4.78, 5) is 29.3. The highest BCUT2D eigenvalue weighted by Gasteiger charge is 2.85. The van der Waals surface area contributed by atoms with Gasteiger partial charge in [0, 0.05) is 37.6 Å². The van der Waals surface area contributed by atoms with Crippen molar-refractivity contribution in [3.8, 4) is 0 Å². The van der Waals surface area contributed by atoms with Crippen LogP contribution in [0, 0.1) is 51.2 Å². The second kappa shape index (κ2) is 12.1. The molecule has 3 unspecified atom stereocenters. The lowest BCUT2D eigenvalue weighted by Gasteiger charge is -2.63. The molecule has 3 aliphatic heterocycles. The third-order valence-electron chi connectivity index (χ3n) is 16.6. The third-order valence-corrected chi connectivity index (χ3v) is 16.6. The molecule has 10 nitrogen and oxygen atoms in total. The van der Waals surface area contributed by atoms with Gasteiger partial charge >= 0.3 is 18.4 Å². The molecule has 2 spiro atoms. The van der Waals surface area contributed by atoms with E-state index in [1.165, 1.54) is 4.90 Å². The van der Waals surface area contributed by atoms with Crippen LogP contribution in [0.4, 0.5) is 22.8 Å². The van der Waals surface area contributed by atoms with Crippen LogP contribution in [0.25, 0.3) is 0 Å². The van der Waals surface area contributed by atoms with E-state index in [2.05, 4.69) is 46.9 Å². The fourth-order valence-electron chi connectivity index (χ4n) is 13.9. The van der Waals surface area contributed by atoms with Crippen LogP contribution in [0.3, 0.4) is 0 Å². The molecule has 52 heavy (non-hydrogen) atoms. The number of aliphatic hydroxyl groups excluding tert-OH is 1. The summed E-state index contributed by atoms with van der Waals surface area (Å²) >= 11 is 0. The number of rotatable bonds is 6. The maximum atomic E-state index is 13.2. The molecule has 4 N–H and O–H groups in total. The Morgan fingerprint density at radius 1 is 1.00 bits per heavy atom. The standard InChI is InChI=1S/C39H61F3N4O6/c1-21(2)29(52-32(48)45-14-7-15-45)24-16-22(3)28-30(50-24)31(47)39(43)26-9-8-25-34(4,5)27(10-11-36(25)19-37(26,36)13-12-35(28,39)6)51-33(49)46-17-23(18-46)44-20-38(40,41)42/h21-31,44,47H,7-20,43H2,1-6H3/t22-,24?,25+,26?,27+,28+,29-,30?,31+,35-,36-,37+,39+/m1/s1. The van der Waals surface area contributed by atoms with Gasteiger partial charge in [0.1, 0.15) is 12.2 Å². The van der Waals surface area contributed by atoms with Gasteiger partial charge in [0.15, 0.2) is 0 Å². The van der Waals surface area contributed by atoms with Gasteiger partial charge in [0.25, 0.3) is 0 Å². The lowest BCUT2D eigenvalue weighted by atomic mass is 9.43. The minimum absolute atomic E-state index is 0.0234. The van der Waals surface area contributed by atoms with Crippen LogP contribution in [0.5, 0.6) is 0 Å².